The van der Waals surface area contributed by atoms with E-state index in [-0.39, 0.29) is 11.3 Å². The number of carbonyl (C=O) groups is 2. The van der Waals surface area contributed by atoms with Crippen molar-refractivity contribution in [3.63, 3.8) is 0 Å². The molecule has 3 rings (SSSR count). The third-order valence-electron chi connectivity index (χ3n) is 4.96. The molecule has 2 aromatic rings. The summed E-state index contributed by atoms with van der Waals surface area (Å²) in [6.07, 6.45) is -0.703. The molecule has 29 heavy (non-hydrogen) atoms. The van der Waals surface area contributed by atoms with Crippen LogP contribution in [0.2, 0.25) is 0 Å². The van der Waals surface area contributed by atoms with Gasteiger partial charge < -0.3 is 10.1 Å². The largest absolute Gasteiger partial charge is 0.448 e. The van der Waals surface area contributed by atoms with Crippen molar-refractivity contribution in [2.24, 2.45) is 0 Å². The van der Waals surface area contributed by atoms with E-state index in [9.17, 15) is 18.0 Å². The van der Waals surface area contributed by atoms with Crippen LogP contribution >= 0.6 is 0 Å². The second kappa shape index (κ2) is 8.34. The van der Waals surface area contributed by atoms with Crippen molar-refractivity contribution in [2.75, 3.05) is 18.4 Å². The van der Waals surface area contributed by atoms with Gasteiger partial charge in [-0.25, -0.2) is 13.2 Å². The SMILES string of the molecule is CCN(CC)S(=O)(=O)c1cc(NC(=O)[C@H]2Cc3ccccc3C(=O)O2)ccc1C. The van der Waals surface area contributed by atoms with E-state index in [1.165, 1.54) is 10.4 Å². The molecule has 0 bridgehead atoms. The Morgan fingerprint density at radius 3 is 2.55 bits per heavy atom. The highest BCUT2D eigenvalue weighted by Gasteiger charge is 2.31. The highest BCUT2D eigenvalue weighted by molar-refractivity contribution is 7.89. The van der Waals surface area contributed by atoms with E-state index >= 15 is 0 Å². The molecule has 0 radical (unpaired) electrons. The number of carbonyl (C=O) groups excluding carboxylic acids is 2. The van der Waals surface area contributed by atoms with E-state index in [1.54, 1.807) is 57.2 Å². The maximum absolute atomic E-state index is 12.9. The standard InChI is InChI=1S/C21H24N2O5S/c1-4-23(5-2)29(26,27)19-13-16(11-10-14(19)3)22-20(24)18-12-15-8-6-7-9-17(15)21(25)28-18/h6-11,13,18H,4-5,12H2,1-3H3,(H,22,24)/t18-/m1/s1. The van der Waals surface area contributed by atoms with Gasteiger partial charge in [-0.15, -0.1) is 0 Å². The molecule has 8 heteroatoms. The summed E-state index contributed by atoms with van der Waals surface area (Å²) >= 11 is 0. The maximum atomic E-state index is 12.9. The first-order valence-corrected chi connectivity index (χ1v) is 10.9. The van der Waals surface area contributed by atoms with E-state index in [4.69, 9.17) is 4.74 Å². The topological polar surface area (TPSA) is 92.8 Å². The van der Waals surface area contributed by atoms with Crippen molar-refractivity contribution >= 4 is 27.6 Å². The average Bonchev–Trinajstić information content (AvgIpc) is 2.70. The smallest absolute Gasteiger partial charge is 0.339 e. The van der Waals surface area contributed by atoms with Gasteiger partial charge in [-0.05, 0) is 36.2 Å². The fourth-order valence-electron chi connectivity index (χ4n) is 3.36. The Morgan fingerprint density at radius 2 is 1.86 bits per heavy atom. The van der Waals surface area contributed by atoms with Crippen molar-refractivity contribution in [1.29, 1.82) is 0 Å². The number of ether oxygens (including phenoxy) is 1. The molecule has 1 aliphatic rings. The zero-order chi connectivity index (χ0) is 21.2. The zero-order valence-electron chi connectivity index (χ0n) is 16.6. The number of nitrogens with one attached hydrogen (secondary N) is 1. The highest BCUT2D eigenvalue weighted by Crippen LogP contribution is 2.25. The van der Waals surface area contributed by atoms with Gasteiger partial charge in [0.1, 0.15) is 0 Å². The monoisotopic (exact) mass is 416 g/mol. The van der Waals surface area contributed by atoms with Crippen LogP contribution in [0.3, 0.4) is 0 Å². The second-order valence-corrected chi connectivity index (χ2v) is 8.72. The number of esters is 1. The highest BCUT2D eigenvalue weighted by atomic mass is 32.2. The minimum Gasteiger partial charge on any atom is -0.448 e. The number of benzene rings is 2. The third kappa shape index (κ3) is 4.18. The van der Waals surface area contributed by atoms with E-state index < -0.39 is 28.0 Å². The van der Waals surface area contributed by atoms with Gasteiger partial charge in [-0.2, -0.15) is 4.31 Å². The molecule has 0 saturated heterocycles. The Kier molecular flexibility index (Phi) is 6.04. The fraction of sp³-hybridized carbons (Fsp3) is 0.333. The molecule has 0 aromatic heterocycles. The Labute approximate surface area is 170 Å². The van der Waals surface area contributed by atoms with E-state index in [2.05, 4.69) is 5.32 Å². The van der Waals surface area contributed by atoms with Crippen molar-refractivity contribution in [3.8, 4) is 0 Å². The average molecular weight is 416 g/mol. The predicted octanol–water partition coefficient (Wildman–Crippen LogP) is 2.75. The molecule has 1 atom stereocenters. The molecule has 154 valence electrons. The van der Waals surface area contributed by atoms with Crippen molar-refractivity contribution in [2.45, 2.75) is 38.2 Å². The number of anilines is 1. The van der Waals surface area contributed by atoms with E-state index in [0.29, 0.717) is 29.9 Å². The molecule has 2 aromatic carbocycles. The molecule has 1 heterocycles. The maximum Gasteiger partial charge on any atom is 0.339 e. The summed E-state index contributed by atoms with van der Waals surface area (Å²) in [4.78, 5) is 24.9. The van der Waals surface area contributed by atoms with Gasteiger partial charge >= 0.3 is 5.97 Å². The van der Waals surface area contributed by atoms with Crippen LogP contribution in [0.4, 0.5) is 5.69 Å². The van der Waals surface area contributed by atoms with Crippen LogP contribution in [0.1, 0.15) is 35.3 Å². The molecule has 1 aliphatic heterocycles. The Morgan fingerprint density at radius 1 is 1.17 bits per heavy atom. The van der Waals surface area contributed by atoms with Gasteiger partial charge in [0.2, 0.25) is 10.0 Å². The molecule has 0 spiro atoms. The van der Waals surface area contributed by atoms with Crippen molar-refractivity contribution < 1.29 is 22.7 Å². The van der Waals surface area contributed by atoms with Crippen LogP contribution in [0.5, 0.6) is 0 Å². The minimum absolute atomic E-state index is 0.144. The number of cyclic esters (lactones) is 1. The quantitative estimate of drug-likeness (QED) is 0.731. The molecular formula is C21H24N2O5S. The van der Waals surface area contributed by atoms with Gasteiger partial charge in [0.15, 0.2) is 6.10 Å². The lowest BCUT2D eigenvalue weighted by molar-refractivity contribution is -0.125. The van der Waals surface area contributed by atoms with Crippen molar-refractivity contribution in [3.05, 3.63) is 59.2 Å². The van der Waals surface area contributed by atoms with Crippen LogP contribution in [0.25, 0.3) is 0 Å². The minimum atomic E-state index is -3.67. The fourth-order valence-corrected chi connectivity index (χ4v) is 5.07. The molecule has 0 unspecified atom stereocenters. The second-order valence-electron chi connectivity index (χ2n) is 6.81. The number of rotatable bonds is 6. The number of hydrogen-bond acceptors (Lipinski definition) is 5. The molecule has 1 N–H and O–H groups in total. The molecule has 1 amide bonds. The van der Waals surface area contributed by atoms with Gasteiger partial charge in [0.25, 0.3) is 5.91 Å². The molecule has 0 aliphatic carbocycles. The van der Waals surface area contributed by atoms with Crippen LogP contribution < -0.4 is 5.32 Å². The number of fused-ring (bicyclic) bond motifs is 1. The first kappa shape index (κ1) is 21.0. The van der Waals surface area contributed by atoms with Gasteiger partial charge in [-0.1, -0.05) is 38.1 Å². The number of aryl methyl sites for hydroxylation is 1. The van der Waals surface area contributed by atoms with Gasteiger partial charge in [-0.3, -0.25) is 4.79 Å². The van der Waals surface area contributed by atoms with Gasteiger partial charge in [0, 0.05) is 25.2 Å². The molecule has 0 saturated carbocycles. The number of sulfonamides is 1. The summed E-state index contributed by atoms with van der Waals surface area (Å²) in [5.74, 6) is -1.04. The Hall–Kier alpha value is -2.71. The van der Waals surface area contributed by atoms with Crippen LogP contribution in [0.15, 0.2) is 47.4 Å². The summed E-state index contributed by atoms with van der Waals surface area (Å²) in [5, 5.41) is 2.68. The number of nitrogens with zero attached hydrogens (tertiary/aromatic N) is 1. The van der Waals surface area contributed by atoms with Crippen LogP contribution in [-0.4, -0.2) is 43.8 Å². The summed E-state index contributed by atoms with van der Waals surface area (Å²) in [6.45, 7) is 5.97. The normalized spacial score (nSPS) is 16.3. The summed E-state index contributed by atoms with van der Waals surface area (Å²) in [7, 11) is -3.67. The Balaban J connectivity index is 1.83. The van der Waals surface area contributed by atoms with Crippen LogP contribution in [-0.2, 0) is 26.0 Å². The lowest BCUT2D eigenvalue weighted by Gasteiger charge is -2.24. The van der Waals surface area contributed by atoms with E-state index in [1.807, 2.05) is 0 Å². The summed E-state index contributed by atoms with van der Waals surface area (Å²) in [6, 6.07) is 11.7. The number of hydrogen-bond donors (Lipinski definition) is 1. The first-order valence-electron chi connectivity index (χ1n) is 9.48. The van der Waals surface area contributed by atoms with Crippen molar-refractivity contribution in [1.82, 2.24) is 4.31 Å². The summed E-state index contributed by atoms with van der Waals surface area (Å²) in [5.41, 5.74) is 2.13. The lowest BCUT2D eigenvalue weighted by atomic mass is 9.98. The number of amides is 1. The molecular weight excluding hydrogens is 392 g/mol. The third-order valence-corrected chi connectivity index (χ3v) is 7.16. The molecule has 0 fully saturated rings. The first-order chi connectivity index (χ1) is 13.8. The van der Waals surface area contributed by atoms with Gasteiger partial charge in [0.05, 0.1) is 10.5 Å². The molecule has 7 nitrogen and oxygen atoms in total. The predicted molar refractivity (Wildman–Crippen MR) is 109 cm³/mol. The Bertz CT molecular complexity index is 1040. The van der Waals surface area contributed by atoms with Crippen LogP contribution in [0, 0.1) is 6.92 Å². The summed E-state index contributed by atoms with van der Waals surface area (Å²) < 4.78 is 32.4. The zero-order valence-corrected chi connectivity index (χ0v) is 17.5. The lowest BCUT2D eigenvalue weighted by Crippen LogP contribution is -2.38. The van der Waals surface area contributed by atoms with E-state index in [0.717, 1.165) is 5.56 Å².